The van der Waals surface area contributed by atoms with Gasteiger partial charge in [0.15, 0.2) is 5.43 Å². The van der Waals surface area contributed by atoms with Crippen LogP contribution < -0.4 is 5.43 Å². The maximum absolute atomic E-state index is 11.9. The van der Waals surface area contributed by atoms with Gasteiger partial charge in [-0.25, -0.2) is 0 Å². The summed E-state index contributed by atoms with van der Waals surface area (Å²) in [5.74, 6) is 0. The smallest absolute Gasteiger partial charge is 0.186 e. The van der Waals surface area contributed by atoms with Crippen LogP contribution in [0.15, 0.2) is 41.2 Å². The third-order valence-electron chi connectivity index (χ3n) is 3.17. The lowest BCUT2D eigenvalue weighted by molar-refractivity contribution is 0.911. The summed E-state index contributed by atoms with van der Waals surface area (Å²) in [7, 11) is 0. The Morgan fingerprint density at radius 3 is 2.53 bits per heavy atom. The van der Waals surface area contributed by atoms with Gasteiger partial charge in [0.25, 0.3) is 0 Å². The molecular formula is C14H12O. The van der Waals surface area contributed by atoms with Gasteiger partial charge in [0, 0.05) is 5.39 Å². The van der Waals surface area contributed by atoms with E-state index in [4.69, 9.17) is 0 Å². The first kappa shape index (κ1) is 8.66. The Hall–Kier alpha value is -1.63. The van der Waals surface area contributed by atoms with Crippen molar-refractivity contribution in [1.82, 2.24) is 0 Å². The second-order valence-electron chi connectivity index (χ2n) is 4.14. The van der Waals surface area contributed by atoms with E-state index in [-0.39, 0.29) is 5.43 Å². The second kappa shape index (κ2) is 3.20. The van der Waals surface area contributed by atoms with E-state index in [0.29, 0.717) is 0 Å². The molecule has 0 radical (unpaired) electrons. The molecule has 0 heterocycles. The minimum absolute atomic E-state index is 0.161. The highest BCUT2D eigenvalue weighted by molar-refractivity contribution is 5.82. The van der Waals surface area contributed by atoms with Crippen LogP contribution in [0.2, 0.25) is 0 Å². The molecule has 0 amide bonds. The highest BCUT2D eigenvalue weighted by Crippen LogP contribution is 2.22. The van der Waals surface area contributed by atoms with E-state index >= 15 is 0 Å². The van der Waals surface area contributed by atoms with Crippen LogP contribution >= 0.6 is 0 Å². The number of hydrogen-bond donors (Lipinski definition) is 0. The fraction of sp³-hybridized carbons (Fsp3) is 0.214. The minimum Gasteiger partial charge on any atom is -0.289 e. The van der Waals surface area contributed by atoms with Gasteiger partial charge in [-0.2, -0.15) is 0 Å². The SMILES string of the molecule is O=c1cc2c(cc3ccccc13)CCC2. The van der Waals surface area contributed by atoms with Crippen molar-refractivity contribution >= 4 is 10.8 Å². The van der Waals surface area contributed by atoms with Crippen LogP contribution in [0.5, 0.6) is 0 Å². The Kier molecular flexibility index (Phi) is 1.84. The monoisotopic (exact) mass is 196 g/mol. The number of rotatable bonds is 0. The first-order chi connectivity index (χ1) is 7.34. The molecule has 74 valence electrons. The van der Waals surface area contributed by atoms with E-state index in [2.05, 4.69) is 6.07 Å². The lowest BCUT2D eigenvalue weighted by Gasteiger charge is -1.91. The summed E-state index contributed by atoms with van der Waals surface area (Å²) in [5.41, 5.74) is 2.76. The quantitative estimate of drug-likeness (QED) is 0.633. The van der Waals surface area contributed by atoms with Gasteiger partial charge in [0.2, 0.25) is 0 Å². The fourth-order valence-electron chi connectivity index (χ4n) is 2.39. The van der Waals surface area contributed by atoms with Crippen LogP contribution in [0.1, 0.15) is 17.5 Å². The zero-order valence-corrected chi connectivity index (χ0v) is 8.49. The molecule has 1 aliphatic carbocycles. The molecule has 0 fully saturated rings. The second-order valence-corrected chi connectivity index (χ2v) is 4.14. The van der Waals surface area contributed by atoms with E-state index in [9.17, 15) is 4.79 Å². The van der Waals surface area contributed by atoms with Gasteiger partial charge < -0.3 is 0 Å². The Morgan fingerprint density at radius 1 is 0.933 bits per heavy atom. The van der Waals surface area contributed by atoms with Gasteiger partial charge in [0.1, 0.15) is 0 Å². The highest BCUT2D eigenvalue weighted by atomic mass is 16.1. The molecule has 0 saturated heterocycles. The van der Waals surface area contributed by atoms with E-state index < -0.39 is 0 Å². The Balaban J connectivity index is 2.50. The first-order valence-corrected chi connectivity index (χ1v) is 5.39. The number of aryl methyl sites for hydroxylation is 2. The largest absolute Gasteiger partial charge is 0.289 e. The van der Waals surface area contributed by atoms with Gasteiger partial charge in [-0.1, -0.05) is 30.3 Å². The maximum atomic E-state index is 11.9. The third kappa shape index (κ3) is 1.35. The molecule has 0 aromatic heterocycles. The zero-order valence-electron chi connectivity index (χ0n) is 8.49. The van der Waals surface area contributed by atoms with Gasteiger partial charge in [-0.05, 0) is 41.8 Å². The molecule has 3 rings (SSSR count). The van der Waals surface area contributed by atoms with Gasteiger partial charge in [0.05, 0.1) is 0 Å². The van der Waals surface area contributed by atoms with E-state index in [1.165, 1.54) is 17.5 Å². The van der Waals surface area contributed by atoms with Crippen LogP contribution in [-0.2, 0) is 12.8 Å². The van der Waals surface area contributed by atoms with Crippen LogP contribution in [-0.4, -0.2) is 0 Å². The summed E-state index contributed by atoms with van der Waals surface area (Å²) < 4.78 is 0. The third-order valence-corrected chi connectivity index (χ3v) is 3.17. The lowest BCUT2D eigenvalue weighted by Crippen LogP contribution is -1.95. The summed E-state index contributed by atoms with van der Waals surface area (Å²) in [4.78, 5) is 11.9. The van der Waals surface area contributed by atoms with Crippen molar-refractivity contribution < 1.29 is 0 Å². The van der Waals surface area contributed by atoms with Crippen molar-refractivity contribution in [1.29, 1.82) is 0 Å². The molecule has 1 nitrogen and oxygen atoms in total. The van der Waals surface area contributed by atoms with E-state index in [1.54, 1.807) is 0 Å². The number of hydrogen-bond acceptors (Lipinski definition) is 1. The average molecular weight is 196 g/mol. The van der Waals surface area contributed by atoms with Crippen molar-refractivity contribution in [3.63, 3.8) is 0 Å². The Bertz CT molecular complexity index is 584. The first-order valence-electron chi connectivity index (χ1n) is 5.39. The predicted octanol–water partition coefficient (Wildman–Crippen LogP) is 2.69. The van der Waals surface area contributed by atoms with Crippen LogP contribution in [0.25, 0.3) is 10.8 Å². The molecule has 0 unspecified atom stereocenters. The molecule has 0 saturated carbocycles. The molecule has 0 spiro atoms. The molecular weight excluding hydrogens is 184 g/mol. The summed E-state index contributed by atoms with van der Waals surface area (Å²) >= 11 is 0. The summed E-state index contributed by atoms with van der Waals surface area (Å²) in [6.45, 7) is 0. The molecule has 0 atom stereocenters. The standard InChI is InChI=1S/C14H12O/c15-14-9-11-6-3-5-10(11)8-12-4-1-2-7-13(12)14/h1-2,4,7-9H,3,5-6H2. The predicted molar refractivity (Wildman–Crippen MR) is 62.2 cm³/mol. The molecule has 15 heavy (non-hydrogen) atoms. The summed E-state index contributed by atoms with van der Waals surface area (Å²) in [6, 6.07) is 11.9. The summed E-state index contributed by atoms with van der Waals surface area (Å²) in [6.07, 6.45) is 3.37. The van der Waals surface area contributed by atoms with Crippen LogP contribution in [0.4, 0.5) is 0 Å². The molecule has 1 aliphatic rings. The lowest BCUT2D eigenvalue weighted by atomic mass is 10.1. The molecule has 2 aromatic carbocycles. The van der Waals surface area contributed by atoms with E-state index in [0.717, 1.165) is 23.6 Å². The van der Waals surface area contributed by atoms with Crippen molar-refractivity contribution in [3.8, 4) is 0 Å². The maximum Gasteiger partial charge on any atom is 0.186 e. The minimum atomic E-state index is 0.161. The molecule has 0 bridgehead atoms. The topological polar surface area (TPSA) is 17.1 Å². The Morgan fingerprint density at radius 2 is 1.67 bits per heavy atom. The number of benzene rings is 1. The summed E-state index contributed by atoms with van der Waals surface area (Å²) in [5, 5.41) is 1.91. The van der Waals surface area contributed by atoms with Gasteiger partial charge >= 0.3 is 0 Å². The Labute approximate surface area is 88.4 Å². The normalized spacial score (nSPS) is 14.1. The molecule has 2 aromatic rings. The van der Waals surface area contributed by atoms with Crippen molar-refractivity contribution in [3.05, 3.63) is 57.7 Å². The van der Waals surface area contributed by atoms with Gasteiger partial charge in [-0.15, -0.1) is 0 Å². The van der Waals surface area contributed by atoms with Crippen molar-refractivity contribution in [2.75, 3.05) is 0 Å². The zero-order chi connectivity index (χ0) is 10.3. The van der Waals surface area contributed by atoms with Crippen LogP contribution in [0, 0.1) is 0 Å². The van der Waals surface area contributed by atoms with E-state index in [1.807, 2.05) is 30.3 Å². The fourth-order valence-corrected chi connectivity index (χ4v) is 2.39. The van der Waals surface area contributed by atoms with Gasteiger partial charge in [-0.3, -0.25) is 4.79 Å². The van der Waals surface area contributed by atoms with Crippen molar-refractivity contribution in [2.24, 2.45) is 0 Å². The van der Waals surface area contributed by atoms with Crippen LogP contribution in [0.3, 0.4) is 0 Å². The number of fused-ring (bicyclic) bond motifs is 2. The molecule has 0 aliphatic heterocycles. The highest BCUT2D eigenvalue weighted by Gasteiger charge is 2.10. The average Bonchev–Trinajstić information content (AvgIpc) is 2.61. The molecule has 1 heteroatoms. The van der Waals surface area contributed by atoms with Crippen molar-refractivity contribution in [2.45, 2.75) is 19.3 Å². The molecule has 0 N–H and O–H groups in total.